The first kappa shape index (κ1) is 22.7. The van der Waals surface area contributed by atoms with Crippen molar-refractivity contribution in [3.8, 4) is 0 Å². The SMILES string of the molecule is O=C([O-])[O-].O=C([O-])[O-].[Li+].[P+3]. The van der Waals surface area contributed by atoms with Crippen LogP contribution in [-0.2, 0) is 0 Å². The first-order chi connectivity index (χ1) is 3.46. The number of rotatable bonds is 0. The molecule has 0 spiro atoms. The molecule has 6 nitrogen and oxygen atoms in total. The molecule has 0 fully saturated rings. The van der Waals surface area contributed by atoms with E-state index in [1.54, 1.807) is 0 Å². The largest absolute Gasteiger partial charge is 3.00 e. The molecule has 2 radical (unpaired) electrons. The van der Waals surface area contributed by atoms with Gasteiger partial charge in [-0.3, -0.25) is 0 Å². The number of carbonyl (C=O) groups excluding carboxylic acids is 2. The molecule has 0 aromatic heterocycles. The summed E-state index contributed by atoms with van der Waals surface area (Å²) in [7, 11) is 0. The Labute approximate surface area is 71.7 Å². The van der Waals surface area contributed by atoms with Crippen LogP contribution in [-0.4, -0.2) is 12.3 Å². The summed E-state index contributed by atoms with van der Waals surface area (Å²) in [6.45, 7) is 0. The minimum absolute atomic E-state index is 0. The van der Waals surface area contributed by atoms with Gasteiger partial charge in [0.05, 0.1) is 0 Å². The Morgan fingerprint density at radius 1 is 0.800 bits per heavy atom. The molecule has 0 aromatic rings. The standard InChI is InChI=1S/2CH2O3.Li.P/c2*2-1(3)4;;/h2*(H2,2,3,4);;/q;;+1;+3/p-4. The minimum atomic E-state index is -2.33. The Morgan fingerprint density at radius 3 is 0.800 bits per heavy atom. The maximum absolute atomic E-state index is 8.33. The van der Waals surface area contributed by atoms with E-state index in [1.165, 1.54) is 0 Å². The molecule has 0 amide bonds. The van der Waals surface area contributed by atoms with E-state index in [1.807, 2.05) is 0 Å². The molecule has 50 valence electrons. The summed E-state index contributed by atoms with van der Waals surface area (Å²) in [6, 6.07) is 0. The van der Waals surface area contributed by atoms with Gasteiger partial charge in [-0.15, -0.1) is 0 Å². The van der Waals surface area contributed by atoms with E-state index in [-0.39, 0.29) is 28.8 Å². The molecule has 0 atom stereocenters. The Bertz CT molecular complexity index is 73.7. The Balaban J connectivity index is -0.0000000300. The smallest absolute Gasteiger partial charge is 0.652 e. The Kier molecular flexibility index (Phi) is 35.9. The summed E-state index contributed by atoms with van der Waals surface area (Å²) < 4.78 is 0. The van der Waals surface area contributed by atoms with Crippen molar-refractivity contribution in [2.75, 3.05) is 0 Å². The average Bonchev–Trinajstić information content (AvgIpc) is 1.25. The maximum atomic E-state index is 8.33. The monoisotopic (exact) mass is 158 g/mol. The molecular formula is C2LiO6P. The Hall–Kier alpha value is -0.433. The molecule has 0 N–H and O–H groups in total. The van der Waals surface area contributed by atoms with Crippen molar-refractivity contribution in [1.29, 1.82) is 0 Å². The second kappa shape index (κ2) is 15.8. The fraction of sp³-hybridized carbons (Fsp3) is 0. The van der Waals surface area contributed by atoms with Crippen molar-refractivity contribution in [2.45, 2.75) is 0 Å². The molecule has 0 saturated carbocycles. The van der Waals surface area contributed by atoms with E-state index < -0.39 is 12.3 Å². The summed E-state index contributed by atoms with van der Waals surface area (Å²) in [4.78, 5) is 16.7. The van der Waals surface area contributed by atoms with Gasteiger partial charge in [-0.25, -0.2) is 0 Å². The van der Waals surface area contributed by atoms with Gasteiger partial charge in [0.1, 0.15) is 0 Å². The molecule has 0 bridgehead atoms. The van der Waals surface area contributed by atoms with Crippen molar-refractivity contribution in [1.82, 2.24) is 0 Å². The topological polar surface area (TPSA) is 126 Å². The van der Waals surface area contributed by atoms with Gasteiger partial charge in [0, 0.05) is 0 Å². The third kappa shape index (κ3) is 1740. The predicted molar refractivity (Wildman–Crippen MR) is 17.7 cm³/mol. The first-order valence-corrected chi connectivity index (χ1v) is 1.22. The van der Waals surface area contributed by atoms with Crippen molar-refractivity contribution >= 4 is 22.2 Å². The van der Waals surface area contributed by atoms with Gasteiger partial charge in [-0.05, 0) is 12.3 Å². The van der Waals surface area contributed by atoms with Gasteiger partial charge < -0.3 is 30.0 Å². The molecule has 0 unspecified atom stereocenters. The zero-order valence-corrected chi connectivity index (χ0v) is 5.79. The summed E-state index contributed by atoms with van der Waals surface area (Å²) in [5.41, 5.74) is 0. The minimum Gasteiger partial charge on any atom is -0.652 e. The van der Waals surface area contributed by atoms with Gasteiger partial charge in [-0.1, -0.05) is 0 Å². The van der Waals surface area contributed by atoms with Crippen LogP contribution in [0.3, 0.4) is 0 Å². The van der Waals surface area contributed by atoms with Crippen molar-refractivity contribution in [2.24, 2.45) is 0 Å². The third-order valence-electron chi connectivity index (χ3n) is 0. The van der Waals surface area contributed by atoms with E-state index >= 15 is 0 Å². The fourth-order valence-corrected chi connectivity index (χ4v) is 0. The first-order valence-electron chi connectivity index (χ1n) is 1.22. The van der Waals surface area contributed by atoms with Gasteiger partial charge in [0.15, 0.2) is 0 Å². The van der Waals surface area contributed by atoms with E-state index in [0.29, 0.717) is 0 Å². The van der Waals surface area contributed by atoms with Crippen LogP contribution in [0.2, 0.25) is 0 Å². The quantitative estimate of drug-likeness (QED) is 0.254. The second-order valence-corrected chi connectivity index (χ2v) is 0.500. The van der Waals surface area contributed by atoms with Crippen LogP contribution in [0.1, 0.15) is 0 Å². The van der Waals surface area contributed by atoms with E-state index in [0.717, 1.165) is 0 Å². The summed E-state index contributed by atoms with van der Waals surface area (Å²) in [5, 5.41) is 33.3. The van der Waals surface area contributed by atoms with Crippen LogP contribution in [0, 0.1) is 0 Å². The molecule has 0 aliphatic rings. The molecule has 0 rings (SSSR count). The van der Waals surface area contributed by atoms with Crippen LogP contribution in [0.25, 0.3) is 0 Å². The summed E-state index contributed by atoms with van der Waals surface area (Å²) >= 11 is 0. The number of hydrogen-bond acceptors (Lipinski definition) is 6. The number of carbonyl (C=O) groups is 2. The van der Waals surface area contributed by atoms with Gasteiger partial charge in [0.25, 0.3) is 0 Å². The average molecular weight is 158 g/mol. The van der Waals surface area contributed by atoms with Crippen LogP contribution in [0.15, 0.2) is 0 Å². The van der Waals surface area contributed by atoms with Crippen LogP contribution in [0.4, 0.5) is 9.59 Å². The van der Waals surface area contributed by atoms with Crippen LogP contribution in [0.5, 0.6) is 0 Å². The van der Waals surface area contributed by atoms with Crippen molar-refractivity contribution < 1.29 is 48.9 Å². The molecule has 0 aliphatic carbocycles. The molecule has 0 saturated heterocycles. The predicted octanol–water partition coefficient (Wildman–Crippen LogP) is -7.03. The van der Waals surface area contributed by atoms with Crippen molar-refractivity contribution in [3.05, 3.63) is 0 Å². The molecule has 10 heavy (non-hydrogen) atoms. The number of carboxylic acid groups (broad SMARTS) is 4. The zero-order chi connectivity index (χ0) is 7.15. The Morgan fingerprint density at radius 2 is 0.800 bits per heavy atom. The van der Waals surface area contributed by atoms with Crippen LogP contribution >= 0.6 is 9.90 Å². The third-order valence-corrected chi connectivity index (χ3v) is 0. The molecule has 0 aliphatic heterocycles. The van der Waals surface area contributed by atoms with Crippen LogP contribution < -0.4 is 39.3 Å². The summed E-state index contributed by atoms with van der Waals surface area (Å²) in [5.74, 6) is 0. The fourth-order valence-electron chi connectivity index (χ4n) is 0. The maximum Gasteiger partial charge on any atom is 3.00 e. The summed E-state index contributed by atoms with van der Waals surface area (Å²) in [6.07, 6.45) is -4.67. The second-order valence-electron chi connectivity index (χ2n) is 0.500. The molecule has 0 heterocycles. The normalized spacial score (nSPS) is 4.80. The zero-order valence-electron chi connectivity index (χ0n) is 4.90. The van der Waals surface area contributed by atoms with E-state index in [9.17, 15) is 0 Å². The molecule has 8 heteroatoms. The van der Waals surface area contributed by atoms with Gasteiger partial charge >= 0.3 is 28.8 Å². The van der Waals surface area contributed by atoms with E-state index in [4.69, 9.17) is 30.0 Å². The van der Waals surface area contributed by atoms with Gasteiger partial charge in [0.2, 0.25) is 0 Å². The van der Waals surface area contributed by atoms with Crippen molar-refractivity contribution in [3.63, 3.8) is 0 Å². The number of hydrogen-bond donors (Lipinski definition) is 0. The van der Waals surface area contributed by atoms with E-state index in [2.05, 4.69) is 0 Å². The molecular weight excluding hydrogens is 158 g/mol. The molecule has 0 aromatic carbocycles. The van der Waals surface area contributed by atoms with Gasteiger partial charge in [-0.2, -0.15) is 0 Å².